The molecule has 0 aliphatic heterocycles. The Morgan fingerprint density at radius 2 is 1.69 bits per heavy atom. The number of fused-ring (bicyclic) bond motifs is 7. The number of Topliss-reactive ketones (excluding diaryl/α,β-unsaturated/α-hetero) is 1. The van der Waals surface area contributed by atoms with E-state index in [2.05, 4.69) is 70.7 Å². The van der Waals surface area contributed by atoms with Gasteiger partial charge in [-0.15, -0.1) is 0 Å². The monoisotopic (exact) mass is 719 g/mol. The topological polar surface area (TPSA) is 139 Å². The number of aliphatic hydroxyl groups excluding tert-OH is 1. The first-order valence-corrected chi connectivity index (χ1v) is 20.0. The summed E-state index contributed by atoms with van der Waals surface area (Å²) in [6.07, 6.45) is 10.4. The fourth-order valence-corrected chi connectivity index (χ4v) is 13.1. The molecule has 0 amide bonds. The van der Waals surface area contributed by atoms with Crippen LogP contribution < -0.4 is 5.32 Å². The third kappa shape index (κ3) is 5.90. The van der Waals surface area contributed by atoms with E-state index in [1.165, 1.54) is 5.57 Å². The van der Waals surface area contributed by atoms with Gasteiger partial charge in [0, 0.05) is 36.0 Å². The molecule has 5 aliphatic rings. The molecule has 1 aromatic rings. The Kier molecular flexibility index (Phi) is 9.97. The maximum absolute atomic E-state index is 14.0. The van der Waals surface area contributed by atoms with Crippen LogP contribution in [0.5, 0.6) is 0 Å². The van der Waals surface area contributed by atoms with Crippen LogP contribution in [-0.2, 0) is 19.1 Å². The lowest BCUT2D eigenvalue weighted by Crippen LogP contribution is -2.66. The third-order valence-electron chi connectivity index (χ3n) is 16.2. The van der Waals surface area contributed by atoms with Gasteiger partial charge in [-0.3, -0.25) is 14.4 Å². The van der Waals surface area contributed by atoms with E-state index in [0.717, 1.165) is 62.6 Å². The highest BCUT2D eigenvalue weighted by Crippen LogP contribution is 2.77. The van der Waals surface area contributed by atoms with Crippen molar-refractivity contribution in [3.05, 3.63) is 35.4 Å². The first-order chi connectivity index (χ1) is 24.2. The van der Waals surface area contributed by atoms with Gasteiger partial charge in [0.1, 0.15) is 12.4 Å². The molecule has 0 aromatic carbocycles. The van der Waals surface area contributed by atoms with Crippen LogP contribution in [0, 0.1) is 56.2 Å². The van der Waals surface area contributed by atoms with Gasteiger partial charge in [0.05, 0.1) is 23.6 Å². The standard InChI is InChI=1S/C43H65N3O6/c1-25(2)35-29(47)21-43(32(48)23-45-26(3)28-15-20-44-24-46-28)19-18-41(9)27(36(35)43)11-12-31-40(8)16-14-33(52-34(49)22-38(4,5)37(50)51)39(6,7)30(40)13-17-42(31,41)10/h15,20,24-27,30-33,45,48H,11-14,16-19,21-23H2,1-10H3,(H,50,51)/t26-,27-,30+,31-,32+,33+,40+,41-,42-,43+/m1/s1. The number of aliphatic hydroxyl groups is 1. The zero-order valence-electron chi connectivity index (χ0n) is 33.5. The highest BCUT2D eigenvalue weighted by Gasteiger charge is 2.70. The predicted molar refractivity (Wildman–Crippen MR) is 200 cm³/mol. The Hall–Kier alpha value is -2.65. The number of rotatable bonds is 10. The molecule has 0 spiro atoms. The molecule has 6 rings (SSSR count). The summed E-state index contributed by atoms with van der Waals surface area (Å²) in [4.78, 5) is 47.3. The molecular formula is C43H65N3O6. The van der Waals surface area contributed by atoms with Crippen LogP contribution in [-0.4, -0.2) is 56.7 Å². The molecule has 0 bridgehead atoms. The number of carboxylic acids is 1. The molecule has 0 unspecified atom stereocenters. The van der Waals surface area contributed by atoms with Crippen molar-refractivity contribution in [2.24, 2.45) is 56.2 Å². The van der Waals surface area contributed by atoms with E-state index < -0.39 is 28.9 Å². The molecule has 4 fully saturated rings. The Morgan fingerprint density at radius 1 is 0.981 bits per heavy atom. The van der Waals surface area contributed by atoms with Gasteiger partial charge in [0.2, 0.25) is 0 Å². The number of allylic oxidation sites excluding steroid dienone is 1. The van der Waals surface area contributed by atoms with E-state index in [1.807, 2.05) is 6.07 Å². The zero-order valence-corrected chi connectivity index (χ0v) is 33.5. The van der Waals surface area contributed by atoms with E-state index in [0.29, 0.717) is 24.8 Å². The van der Waals surface area contributed by atoms with E-state index in [1.54, 1.807) is 26.4 Å². The van der Waals surface area contributed by atoms with Crippen molar-refractivity contribution in [1.29, 1.82) is 0 Å². The van der Waals surface area contributed by atoms with Crippen molar-refractivity contribution in [2.45, 2.75) is 152 Å². The number of aromatic nitrogens is 2. The molecule has 0 saturated heterocycles. The number of esters is 1. The second kappa shape index (κ2) is 13.3. The fraction of sp³-hybridized carbons (Fsp3) is 0.791. The van der Waals surface area contributed by atoms with Gasteiger partial charge in [-0.05, 0) is 124 Å². The Labute approximate surface area is 311 Å². The number of hydrogen-bond donors (Lipinski definition) is 3. The number of ketones is 1. The maximum atomic E-state index is 14.0. The Morgan fingerprint density at radius 3 is 2.33 bits per heavy atom. The average Bonchev–Trinajstić information content (AvgIpc) is 3.38. The maximum Gasteiger partial charge on any atom is 0.309 e. The summed E-state index contributed by atoms with van der Waals surface area (Å²) in [5, 5.41) is 25.3. The lowest BCUT2D eigenvalue weighted by atomic mass is 9.33. The fourth-order valence-electron chi connectivity index (χ4n) is 13.1. The highest BCUT2D eigenvalue weighted by molar-refractivity contribution is 6.00. The summed E-state index contributed by atoms with van der Waals surface area (Å²) in [6.45, 7) is 22.0. The first-order valence-electron chi connectivity index (χ1n) is 20.0. The number of aliphatic carboxylic acids is 1. The van der Waals surface area contributed by atoms with Gasteiger partial charge in [-0.2, -0.15) is 0 Å². The zero-order chi connectivity index (χ0) is 38.2. The number of ether oxygens (including phenoxy) is 1. The summed E-state index contributed by atoms with van der Waals surface area (Å²) in [6, 6.07) is 1.84. The smallest absolute Gasteiger partial charge is 0.309 e. The molecule has 10 atom stereocenters. The van der Waals surface area contributed by atoms with Crippen LogP contribution in [0.4, 0.5) is 0 Å². The van der Waals surface area contributed by atoms with Gasteiger partial charge in [0.25, 0.3) is 0 Å². The van der Waals surface area contributed by atoms with E-state index in [9.17, 15) is 24.6 Å². The predicted octanol–water partition coefficient (Wildman–Crippen LogP) is 7.88. The number of carbonyl (C=O) groups is 3. The summed E-state index contributed by atoms with van der Waals surface area (Å²) < 4.78 is 6.16. The molecule has 9 nitrogen and oxygen atoms in total. The molecule has 52 heavy (non-hydrogen) atoms. The Bertz CT molecular complexity index is 1600. The third-order valence-corrected chi connectivity index (χ3v) is 16.2. The van der Waals surface area contributed by atoms with Crippen LogP contribution in [0.3, 0.4) is 0 Å². The second-order valence-electron chi connectivity index (χ2n) is 19.8. The van der Waals surface area contributed by atoms with Gasteiger partial charge in [0.15, 0.2) is 5.78 Å². The SMILES string of the molecule is CC(C)C1=C2[C@H]3CC[C@@H]4[C@@]5(C)CC[C@H](OC(=O)CC(C)(C)C(=O)O)C(C)(C)[C@@H]5CC[C@@]4(C)[C@]3(C)CC[C@@]2([C@@H](O)CN[C@H](C)c2ccncn2)CC1=O. The van der Waals surface area contributed by atoms with Gasteiger partial charge >= 0.3 is 11.9 Å². The molecule has 3 N–H and O–H groups in total. The lowest BCUT2D eigenvalue weighted by Gasteiger charge is -2.72. The van der Waals surface area contributed by atoms with Gasteiger partial charge in [-0.1, -0.05) is 54.0 Å². The quantitative estimate of drug-likeness (QED) is 0.206. The largest absolute Gasteiger partial charge is 0.481 e. The minimum absolute atomic E-state index is 0.0231. The minimum atomic E-state index is -1.17. The molecule has 9 heteroatoms. The molecule has 1 aromatic heterocycles. The van der Waals surface area contributed by atoms with Crippen molar-refractivity contribution < 1.29 is 29.3 Å². The number of nitrogens with one attached hydrogen (secondary N) is 1. The van der Waals surface area contributed by atoms with Crippen LogP contribution in [0.15, 0.2) is 29.7 Å². The second-order valence-corrected chi connectivity index (χ2v) is 19.8. The van der Waals surface area contributed by atoms with Crippen molar-refractivity contribution >= 4 is 17.7 Å². The summed E-state index contributed by atoms with van der Waals surface area (Å²) in [5.41, 5.74) is 1.25. The Balaban J connectivity index is 1.27. The minimum Gasteiger partial charge on any atom is -0.481 e. The molecule has 5 aliphatic carbocycles. The van der Waals surface area contributed by atoms with Crippen LogP contribution in [0.1, 0.15) is 145 Å². The van der Waals surface area contributed by atoms with Gasteiger partial charge in [-0.25, -0.2) is 9.97 Å². The average molecular weight is 720 g/mol. The van der Waals surface area contributed by atoms with Gasteiger partial charge < -0.3 is 20.3 Å². The normalized spacial score (nSPS) is 38.1. The number of carboxylic acid groups (broad SMARTS) is 1. The highest BCUT2D eigenvalue weighted by atomic mass is 16.5. The molecule has 1 heterocycles. The van der Waals surface area contributed by atoms with E-state index >= 15 is 0 Å². The summed E-state index contributed by atoms with van der Waals surface area (Å²) in [5.74, 6) is -0.00358. The van der Waals surface area contributed by atoms with Crippen molar-refractivity contribution in [2.75, 3.05) is 6.54 Å². The van der Waals surface area contributed by atoms with E-state index in [4.69, 9.17) is 4.74 Å². The van der Waals surface area contributed by atoms with E-state index in [-0.39, 0.29) is 57.8 Å². The van der Waals surface area contributed by atoms with Crippen LogP contribution >= 0.6 is 0 Å². The van der Waals surface area contributed by atoms with Crippen LogP contribution in [0.25, 0.3) is 0 Å². The van der Waals surface area contributed by atoms with Crippen molar-refractivity contribution in [3.63, 3.8) is 0 Å². The first kappa shape index (κ1) is 39.1. The molecular weight excluding hydrogens is 654 g/mol. The number of nitrogens with zero attached hydrogens (tertiary/aromatic N) is 2. The molecule has 0 radical (unpaired) electrons. The molecule has 288 valence electrons. The summed E-state index contributed by atoms with van der Waals surface area (Å²) >= 11 is 0. The number of hydrogen-bond acceptors (Lipinski definition) is 8. The lowest BCUT2D eigenvalue weighted by molar-refractivity contribution is -0.235. The van der Waals surface area contributed by atoms with Crippen molar-refractivity contribution in [3.8, 4) is 0 Å². The van der Waals surface area contributed by atoms with Crippen molar-refractivity contribution in [1.82, 2.24) is 15.3 Å². The summed E-state index contributed by atoms with van der Waals surface area (Å²) in [7, 11) is 0. The van der Waals surface area contributed by atoms with Crippen LogP contribution in [0.2, 0.25) is 0 Å². The number of carbonyl (C=O) groups excluding carboxylic acids is 2. The molecule has 4 saturated carbocycles.